The summed E-state index contributed by atoms with van der Waals surface area (Å²) in [6.45, 7) is 2.03. The van der Waals surface area contributed by atoms with Crippen LogP contribution >= 0.6 is 27.5 Å². The minimum absolute atomic E-state index is 0.674. The van der Waals surface area contributed by atoms with Gasteiger partial charge in [-0.15, -0.1) is 0 Å². The highest BCUT2D eigenvalue weighted by Crippen LogP contribution is 2.30. The van der Waals surface area contributed by atoms with Gasteiger partial charge in [-0.25, -0.2) is 0 Å². The predicted octanol–water partition coefficient (Wildman–Crippen LogP) is 3.72. The highest BCUT2D eigenvalue weighted by Gasteiger charge is 2.12. The smallest absolute Gasteiger partial charge is 0.152 e. The topological polar surface area (TPSA) is 55.9 Å². The van der Waals surface area contributed by atoms with Crippen molar-refractivity contribution in [2.45, 2.75) is 13.3 Å². The predicted molar refractivity (Wildman–Crippen MR) is 79.4 cm³/mol. The number of aryl methyl sites for hydroxylation is 2. The molecule has 1 aromatic heterocycles. The second kappa shape index (κ2) is 5.20. The number of nitrogens with two attached hydrogens (primary N) is 1. The average molecular weight is 330 g/mol. The second-order valence-corrected chi connectivity index (χ2v) is 5.20. The van der Waals surface area contributed by atoms with Crippen LogP contribution in [0.15, 0.2) is 22.7 Å². The first kappa shape index (κ1) is 13.2. The van der Waals surface area contributed by atoms with E-state index >= 15 is 0 Å². The lowest BCUT2D eigenvalue weighted by molar-refractivity contribution is 0.753. The van der Waals surface area contributed by atoms with Crippen LogP contribution in [0.2, 0.25) is 5.02 Å². The number of rotatable bonds is 3. The van der Waals surface area contributed by atoms with Gasteiger partial charge in [0.15, 0.2) is 5.82 Å². The van der Waals surface area contributed by atoms with Crippen molar-refractivity contribution >= 4 is 44.7 Å². The lowest BCUT2D eigenvalue weighted by atomic mass is 10.3. The lowest BCUT2D eigenvalue weighted by Crippen LogP contribution is -2.01. The Morgan fingerprint density at radius 2 is 2.22 bits per heavy atom. The number of nitrogens with one attached hydrogen (secondary N) is 1. The monoisotopic (exact) mass is 328 g/mol. The third kappa shape index (κ3) is 2.47. The fourth-order valence-corrected chi connectivity index (χ4v) is 2.21. The first-order valence-electron chi connectivity index (χ1n) is 5.56. The van der Waals surface area contributed by atoms with Gasteiger partial charge < -0.3 is 11.1 Å². The van der Waals surface area contributed by atoms with Crippen LogP contribution < -0.4 is 11.1 Å². The third-order valence-electron chi connectivity index (χ3n) is 2.68. The Hall–Kier alpha value is -1.20. The summed E-state index contributed by atoms with van der Waals surface area (Å²) >= 11 is 9.35. The molecule has 3 N–H and O–H groups in total. The molecule has 18 heavy (non-hydrogen) atoms. The van der Waals surface area contributed by atoms with E-state index in [1.807, 2.05) is 32.2 Å². The zero-order chi connectivity index (χ0) is 13.3. The SMILES string of the molecule is CCc1nn(C)c(Nc2ccc(Cl)c(Br)c2)c1N. The molecule has 0 atom stereocenters. The summed E-state index contributed by atoms with van der Waals surface area (Å²) < 4.78 is 2.59. The molecule has 0 unspecified atom stereocenters. The zero-order valence-electron chi connectivity index (χ0n) is 10.2. The van der Waals surface area contributed by atoms with E-state index < -0.39 is 0 Å². The number of halogens is 2. The van der Waals surface area contributed by atoms with Gasteiger partial charge in [0.25, 0.3) is 0 Å². The molecule has 0 aliphatic heterocycles. The Balaban J connectivity index is 2.33. The largest absolute Gasteiger partial charge is 0.394 e. The van der Waals surface area contributed by atoms with Gasteiger partial charge in [0, 0.05) is 17.2 Å². The number of hydrogen-bond donors (Lipinski definition) is 2. The minimum atomic E-state index is 0.674. The van der Waals surface area contributed by atoms with E-state index in [4.69, 9.17) is 17.3 Å². The number of nitrogens with zero attached hydrogens (tertiary/aromatic N) is 2. The third-order valence-corrected chi connectivity index (χ3v) is 3.89. The molecular formula is C12H14BrClN4. The van der Waals surface area contributed by atoms with Gasteiger partial charge in [0.1, 0.15) is 0 Å². The van der Waals surface area contributed by atoms with E-state index in [9.17, 15) is 0 Å². The maximum atomic E-state index is 6.05. The Morgan fingerprint density at radius 3 is 2.78 bits per heavy atom. The van der Waals surface area contributed by atoms with E-state index in [1.165, 1.54) is 0 Å². The van der Waals surface area contributed by atoms with E-state index in [1.54, 1.807) is 4.68 Å². The molecule has 0 fully saturated rings. The van der Waals surface area contributed by atoms with Crippen LogP contribution in [-0.4, -0.2) is 9.78 Å². The second-order valence-electron chi connectivity index (χ2n) is 3.94. The van der Waals surface area contributed by atoms with Gasteiger partial charge in [0.2, 0.25) is 0 Å². The quantitative estimate of drug-likeness (QED) is 0.902. The molecule has 0 bridgehead atoms. The van der Waals surface area contributed by atoms with Crippen molar-refractivity contribution in [3.63, 3.8) is 0 Å². The van der Waals surface area contributed by atoms with Crippen molar-refractivity contribution in [3.05, 3.63) is 33.4 Å². The summed E-state index contributed by atoms with van der Waals surface area (Å²) in [6, 6.07) is 5.62. The van der Waals surface area contributed by atoms with Crippen molar-refractivity contribution in [2.24, 2.45) is 7.05 Å². The first-order valence-corrected chi connectivity index (χ1v) is 6.73. The molecule has 6 heteroatoms. The van der Waals surface area contributed by atoms with E-state index in [2.05, 4.69) is 26.3 Å². The van der Waals surface area contributed by atoms with Crippen LogP contribution in [-0.2, 0) is 13.5 Å². The van der Waals surface area contributed by atoms with E-state index in [-0.39, 0.29) is 0 Å². The Bertz CT molecular complexity index is 580. The van der Waals surface area contributed by atoms with Crippen LogP contribution in [0.5, 0.6) is 0 Å². The first-order chi connectivity index (χ1) is 8.52. The van der Waals surface area contributed by atoms with Gasteiger partial charge in [-0.05, 0) is 40.5 Å². The maximum absolute atomic E-state index is 6.05. The molecule has 2 rings (SSSR count). The highest BCUT2D eigenvalue weighted by atomic mass is 79.9. The molecule has 0 radical (unpaired) electrons. The van der Waals surface area contributed by atoms with Crippen molar-refractivity contribution in [3.8, 4) is 0 Å². The molecule has 0 amide bonds. The summed E-state index contributed by atoms with van der Waals surface area (Å²) in [7, 11) is 1.86. The number of benzene rings is 1. The molecule has 0 aliphatic rings. The highest BCUT2D eigenvalue weighted by molar-refractivity contribution is 9.10. The van der Waals surface area contributed by atoms with Gasteiger partial charge in [-0.1, -0.05) is 18.5 Å². The maximum Gasteiger partial charge on any atom is 0.152 e. The van der Waals surface area contributed by atoms with Gasteiger partial charge in [-0.2, -0.15) is 5.10 Å². The zero-order valence-corrected chi connectivity index (χ0v) is 12.5. The minimum Gasteiger partial charge on any atom is -0.394 e. The van der Waals surface area contributed by atoms with Gasteiger partial charge in [0.05, 0.1) is 16.4 Å². The summed E-state index contributed by atoms with van der Waals surface area (Å²) in [4.78, 5) is 0. The number of nitrogen functional groups attached to an aromatic ring is 1. The Morgan fingerprint density at radius 1 is 1.50 bits per heavy atom. The van der Waals surface area contributed by atoms with Gasteiger partial charge in [-0.3, -0.25) is 4.68 Å². The van der Waals surface area contributed by atoms with Crippen molar-refractivity contribution < 1.29 is 0 Å². The number of aromatic nitrogens is 2. The van der Waals surface area contributed by atoms with Crippen LogP contribution in [0.25, 0.3) is 0 Å². The van der Waals surface area contributed by atoms with Crippen LogP contribution in [0.3, 0.4) is 0 Å². The molecule has 0 aliphatic carbocycles. The molecule has 4 nitrogen and oxygen atoms in total. The lowest BCUT2D eigenvalue weighted by Gasteiger charge is -2.08. The molecule has 1 heterocycles. The molecule has 2 aromatic rings. The summed E-state index contributed by atoms with van der Waals surface area (Å²) in [5.41, 5.74) is 8.54. The summed E-state index contributed by atoms with van der Waals surface area (Å²) in [6.07, 6.45) is 0.811. The normalized spacial score (nSPS) is 10.7. The molecule has 0 saturated carbocycles. The fraction of sp³-hybridized carbons (Fsp3) is 0.250. The van der Waals surface area contributed by atoms with Crippen LogP contribution in [0, 0.1) is 0 Å². The average Bonchev–Trinajstić information content (AvgIpc) is 2.61. The standard InChI is InChI=1S/C12H14BrClN4/c1-3-10-11(15)12(18(2)17-10)16-7-4-5-9(14)8(13)6-7/h4-6,16H,3,15H2,1-2H3. The Labute approximate surface area is 119 Å². The van der Waals surface area contributed by atoms with Crippen molar-refractivity contribution in [1.29, 1.82) is 0 Å². The molecule has 0 saturated heterocycles. The summed E-state index contributed by atoms with van der Waals surface area (Å²) in [5, 5.41) is 8.28. The van der Waals surface area contributed by atoms with Crippen molar-refractivity contribution in [2.75, 3.05) is 11.1 Å². The van der Waals surface area contributed by atoms with Gasteiger partial charge >= 0.3 is 0 Å². The molecular weight excluding hydrogens is 316 g/mol. The number of hydrogen-bond acceptors (Lipinski definition) is 3. The van der Waals surface area contributed by atoms with E-state index in [0.29, 0.717) is 10.7 Å². The molecule has 1 aromatic carbocycles. The van der Waals surface area contributed by atoms with E-state index in [0.717, 1.165) is 28.1 Å². The van der Waals surface area contributed by atoms with Crippen LogP contribution in [0.4, 0.5) is 17.2 Å². The summed E-state index contributed by atoms with van der Waals surface area (Å²) in [5.74, 6) is 0.793. The molecule has 96 valence electrons. The number of anilines is 3. The molecule has 0 spiro atoms. The van der Waals surface area contributed by atoms with Crippen LogP contribution in [0.1, 0.15) is 12.6 Å². The van der Waals surface area contributed by atoms with Crippen molar-refractivity contribution in [1.82, 2.24) is 9.78 Å². The fourth-order valence-electron chi connectivity index (χ4n) is 1.72. The Kier molecular flexibility index (Phi) is 3.82.